The van der Waals surface area contributed by atoms with Gasteiger partial charge in [-0.1, -0.05) is 0 Å². The lowest BCUT2D eigenvalue weighted by Crippen LogP contribution is -2.10. The molecule has 3 nitrogen and oxygen atoms in total. The smallest absolute Gasteiger partial charge is 0.130 e. The van der Waals surface area contributed by atoms with Crippen LogP contribution in [0.3, 0.4) is 0 Å². The largest absolute Gasteiger partial charge is 0.309 e. The van der Waals surface area contributed by atoms with Crippen molar-refractivity contribution in [3.05, 3.63) is 0 Å². The van der Waals surface area contributed by atoms with Crippen LogP contribution >= 0.6 is 0 Å². The minimum atomic E-state index is 0.0139. The van der Waals surface area contributed by atoms with Gasteiger partial charge in [0.25, 0.3) is 0 Å². The van der Waals surface area contributed by atoms with Gasteiger partial charge in [0.2, 0.25) is 0 Å². The first kappa shape index (κ1) is 4.30. The second-order valence-corrected chi connectivity index (χ2v) is 1.44. The summed E-state index contributed by atoms with van der Waals surface area (Å²) in [5.74, 6) is 0.0139. The molecule has 0 bridgehead atoms. The van der Waals surface area contributed by atoms with Gasteiger partial charge in [-0.25, -0.2) is 0 Å². The highest BCUT2D eigenvalue weighted by atomic mass is 16.1. The fourth-order valence-electron chi connectivity index (χ4n) is 0.443. The number of carbonyl (C=O) groups is 1. The average Bonchev–Trinajstić information content (AvgIpc) is 2.14. The monoisotopic (exact) mass is 98.0 g/mol. The predicted octanol–water partition coefficient (Wildman–Crippen LogP) is -0.610. The summed E-state index contributed by atoms with van der Waals surface area (Å²) < 4.78 is 0. The van der Waals surface area contributed by atoms with E-state index in [1.54, 1.807) is 6.21 Å². The maximum absolute atomic E-state index is 9.88. The number of aldehydes is 1. The maximum Gasteiger partial charge on any atom is 0.130 e. The second kappa shape index (κ2) is 1.73. The predicted molar refractivity (Wildman–Crippen MR) is 26.0 cm³/mol. The van der Waals surface area contributed by atoms with E-state index in [-0.39, 0.29) is 5.92 Å². The van der Waals surface area contributed by atoms with E-state index >= 15 is 0 Å². The van der Waals surface area contributed by atoms with E-state index in [0.29, 0.717) is 6.54 Å². The van der Waals surface area contributed by atoms with E-state index in [9.17, 15) is 4.79 Å². The van der Waals surface area contributed by atoms with Crippen molar-refractivity contribution in [3.63, 3.8) is 0 Å². The van der Waals surface area contributed by atoms with Gasteiger partial charge in [0.1, 0.15) is 6.29 Å². The number of hydrogen-bond donors (Lipinski definition) is 1. The van der Waals surface area contributed by atoms with Crippen LogP contribution in [-0.2, 0) is 4.79 Å². The molecule has 0 aromatic rings. The van der Waals surface area contributed by atoms with Crippen molar-refractivity contribution in [2.24, 2.45) is 11.0 Å². The molecular formula is C4H6N2O. The molecule has 1 aliphatic rings. The zero-order valence-electron chi connectivity index (χ0n) is 3.79. The van der Waals surface area contributed by atoms with Crippen LogP contribution in [0.15, 0.2) is 5.10 Å². The molecule has 7 heavy (non-hydrogen) atoms. The molecule has 1 heterocycles. The highest BCUT2D eigenvalue weighted by Crippen LogP contribution is 1.89. The highest BCUT2D eigenvalue weighted by molar-refractivity contribution is 5.81. The van der Waals surface area contributed by atoms with Crippen LogP contribution in [0.1, 0.15) is 0 Å². The average molecular weight is 98.1 g/mol. The lowest BCUT2D eigenvalue weighted by Gasteiger charge is -1.87. The number of nitrogens with one attached hydrogen (secondary N) is 1. The van der Waals surface area contributed by atoms with Crippen LogP contribution < -0.4 is 5.43 Å². The summed E-state index contributed by atoms with van der Waals surface area (Å²) in [5.41, 5.74) is 2.66. The molecule has 0 saturated carbocycles. The quantitative estimate of drug-likeness (QED) is 0.444. The summed E-state index contributed by atoms with van der Waals surface area (Å²) >= 11 is 0. The summed E-state index contributed by atoms with van der Waals surface area (Å²) in [6, 6.07) is 0. The Kier molecular flexibility index (Phi) is 1.06. The van der Waals surface area contributed by atoms with Gasteiger partial charge >= 0.3 is 0 Å². The molecule has 0 saturated heterocycles. The lowest BCUT2D eigenvalue weighted by molar-refractivity contribution is -0.109. The van der Waals surface area contributed by atoms with Crippen LogP contribution in [0, 0.1) is 5.92 Å². The first-order chi connectivity index (χ1) is 3.43. The number of rotatable bonds is 1. The Morgan fingerprint density at radius 3 is 3.14 bits per heavy atom. The molecule has 1 aliphatic heterocycles. The van der Waals surface area contributed by atoms with Crippen molar-refractivity contribution in [1.82, 2.24) is 5.43 Å². The third-order valence-corrected chi connectivity index (χ3v) is 0.859. The molecule has 0 radical (unpaired) electrons. The van der Waals surface area contributed by atoms with Gasteiger partial charge in [-0.3, -0.25) is 0 Å². The summed E-state index contributed by atoms with van der Waals surface area (Å²) in [6.07, 6.45) is 2.48. The first-order valence-corrected chi connectivity index (χ1v) is 2.15. The minimum Gasteiger partial charge on any atom is -0.309 e. The van der Waals surface area contributed by atoms with Gasteiger partial charge < -0.3 is 10.2 Å². The fraction of sp³-hybridized carbons (Fsp3) is 0.500. The van der Waals surface area contributed by atoms with Gasteiger partial charge in [-0.2, -0.15) is 5.10 Å². The van der Waals surface area contributed by atoms with E-state index in [1.807, 2.05) is 0 Å². The summed E-state index contributed by atoms with van der Waals surface area (Å²) in [4.78, 5) is 9.88. The SMILES string of the molecule is O=CC1C=NNC1. The van der Waals surface area contributed by atoms with E-state index in [2.05, 4.69) is 10.5 Å². The van der Waals surface area contributed by atoms with Crippen molar-refractivity contribution >= 4 is 12.5 Å². The molecule has 3 heteroatoms. The van der Waals surface area contributed by atoms with Crippen LogP contribution in [-0.4, -0.2) is 19.0 Å². The molecule has 0 spiro atoms. The Bertz CT molecular complexity index is 99.9. The molecule has 1 rings (SSSR count). The first-order valence-electron chi connectivity index (χ1n) is 2.15. The van der Waals surface area contributed by atoms with Crippen molar-refractivity contribution in [2.75, 3.05) is 6.54 Å². The Labute approximate surface area is 41.4 Å². The third kappa shape index (κ3) is 0.765. The van der Waals surface area contributed by atoms with Crippen molar-refractivity contribution < 1.29 is 4.79 Å². The lowest BCUT2D eigenvalue weighted by atomic mass is 10.2. The minimum absolute atomic E-state index is 0.0139. The number of hydrogen-bond acceptors (Lipinski definition) is 3. The van der Waals surface area contributed by atoms with Gasteiger partial charge in [-0.05, 0) is 0 Å². The standard InChI is InChI=1S/C4H6N2O/c7-3-4-1-5-6-2-4/h1,3-4,6H,2H2. The topological polar surface area (TPSA) is 41.5 Å². The van der Waals surface area contributed by atoms with E-state index < -0.39 is 0 Å². The van der Waals surface area contributed by atoms with Crippen molar-refractivity contribution in [3.8, 4) is 0 Å². The second-order valence-electron chi connectivity index (χ2n) is 1.44. The van der Waals surface area contributed by atoms with E-state index in [1.165, 1.54) is 0 Å². The molecule has 0 aliphatic carbocycles. The van der Waals surface area contributed by atoms with Crippen molar-refractivity contribution in [1.29, 1.82) is 0 Å². The Balaban J connectivity index is 2.42. The molecule has 0 amide bonds. The molecule has 1 unspecified atom stereocenters. The molecule has 38 valence electrons. The van der Waals surface area contributed by atoms with Crippen LogP contribution in [0.2, 0.25) is 0 Å². The molecule has 1 atom stereocenters. The van der Waals surface area contributed by atoms with Crippen LogP contribution in [0.5, 0.6) is 0 Å². The summed E-state index contributed by atoms with van der Waals surface area (Å²) in [6.45, 7) is 0.670. The zero-order chi connectivity index (χ0) is 5.11. The summed E-state index contributed by atoms with van der Waals surface area (Å²) in [7, 11) is 0. The van der Waals surface area contributed by atoms with Crippen LogP contribution in [0.25, 0.3) is 0 Å². The zero-order valence-corrected chi connectivity index (χ0v) is 3.79. The van der Waals surface area contributed by atoms with Crippen LogP contribution in [0.4, 0.5) is 0 Å². The molecular weight excluding hydrogens is 92.1 g/mol. The molecule has 0 fully saturated rings. The summed E-state index contributed by atoms with van der Waals surface area (Å²) in [5, 5.41) is 3.63. The Hall–Kier alpha value is -0.860. The van der Waals surface area contributed by atoms with Gasteiger partial charge in [-0.15, -0.1) is 0 Å². The normalized spacial score (nSPS) is 27.1. The number of hydrazone groups is 1. The number of carbonyl (C=O) groups excluding carboxylic acids is 1. The fourth-order valence-corrected chi connectivity index (χ4v) is 0.443. The number of nitrogens with zero attached hydrogens (tertiary/aromatic N) is 1. The third-order valence-electron chi connectivity index (χ3n) is 0.859. The van der Waals surface area contributed by atoms with Gasteiger partial charge in [0, 0.05) is 12.8 Å². The molecule has 1 N–H and O–H groups in total. The van der Waals surface area contributed by atoms with Gasteiger partial charge in [0.15, 0.2) is 0 Å². The Morgan fingerprint density at radius 1 is 2.00 bits per heavy atom. The molecule has 0 aromatic carbocycles. The Morgan fingerprint density at radius 2 is 2.86 bits per heavy atom. The van der Waals surface area contributed by atoms with Crippen molar-refractivity contribution in [2.45, 2.75) is 0 Å². The highest BCUT2D eigenvalue weighted by Gasteiger charge is 2.05. The van der Waals surface area contributed by atoms with E-state index in [4.69, 9.17) is 0 Å². The van der Waals surface area contributed by atoms with Gasteiger partial charge in [0.05, 0.1) is 5.92 Å². The van der Waals surface area contributed by atoms with E-state index in [0.717, 1.165) is 6.29 Å². The molecule has 0 aromatic heterocycles. The maximum atomic E-state index is 9.88.